The fraction of sp³-hybridized carbons (Fsp3) is 0.400. The van der Waals surface area contributed by atoms with Crippen LogP contribution in [-0.4, -0.2) is 62.6 Å². The van der Waals surface area contributed by atoms with Gasteiger partial charge in [-0.3, -0.25) is 9.11 Å². The van der Waals surface area contributed by atoms with Gasteiger partial charge in [-0.15, -0.1) is 0 Å². The predicted octanol–water partition coefficient (Wildman–Crippen LogP) is -1.08. The van der Waals surface area contributed by atoms with Crippen LogP contribution in [0.5, 0.6) is 11.5 Å². The third-order valence-electron chi connectivity index (χ3n) is 2.26. The van der Waals surface area contributed by atoms with Gasteiger partial charge in [-0.2, -0.15) is 16.8 Å². The first-order valence-electron chi connectivity index (χ1n) is 5.72. The standard InChI is InChI=1S/C10H14O10S2/c11-3-5-19-7-1-2-8(21(13,14)15)10(22(16,17)18)9(7)20-6-4-12/h1-2,11-12H,3-6H2,(H,13,14,15)(H,16,17,18). The van der Waals surface area contributed by atoms with Crippen molar-refractivity contribution in [3.8, 4) is 11.5 Å². The normalized spacial score (nSPS) is 12.2. The first-order valence-corrected chi connectivity index (χ1v) is 8.60. The summed E-state index contributed by atoms with van der Waals surface area (Å²) in [6.07, 6.45) is 0. The summed E-state index contributed by atoms with van der Waals surface area (Å²) in [4.78, 5) is -2.34. The summed E-state index contributed by atoms with van der Waals surface area (Å²) >= 11 is 0. The Hall–Kier alpha value is -1.44. The van der Waals surface area contributed by atoms with Crippen LogP contribution in [0, 0.1) is 0 Å². The van der Waals surface area contributed by atoms with E-state index < -0.39 is 55.6 Å². The molecular weight excluding hydrogens is 344 g/mol. The zero-order chi connectivity index (χ0) is 17.0. The van der Waals surface area contributed by atoms with Crippen molar-refractivity contribution in [2.45, 2.75) is 9.79 Å². The van der Waals surface area contributed by atoms with Crippen LogP contribution in [0.3, 0.4) is 0 Å². The number of hydrogen-bond acceptors (Lipinski definition) is 8. The number of aliphatic hydroxyl groups is 2. The van der Waals surface area contributed by atoms with Gasteiger partial charge >= 0.3 is 0 Å². The Bertz CT molecular complexity index is 722. The van der Waals surface area contributed by atoms with Crippen molar-refractivity contribution in [2.24, 2.45) is 0 Å². The molecule has 0 aliphatic carbocycles. The lowest BCUT2D eigenvalue weighted by Gasteiger charge is -2.16. The van der Waals surface area contributed by atoms with Crippen molar-refractivity contribution in [3.05, 3.63) is 12.1 Å². The zero-order valence-corrected chi connectivity index (χ0v) is 12.7. The van der Waals surface area contributed by atoms with E-state index in [1.807, 2.05) is 0 Å². The van der Waals surface area contributed by atoms with Crippen molar-refractivity contribution in [3.63, 3.8) is 0 Å². The highest BCUT2D eigenvalue weighted by molar-refractivity contribution is 7.89. The number of hydrogen-bond donors (Lipinski definition) is 4. The van der Waals surface area contributed by atoms with Crippen molar-refractivity contribution >= 4 is 20.2 Å². The minimum absolute atomic E-state index is 0.272. The van der Waals surface area contributed by atoms with Gasteiger partial charge in [0.2, 0.25) is 0 Å². The topological polar surface area (TPSA) is 168 Å². The van der Waals surface area contributed by atoms with Crippen molar-refractivity contribution in [1.82, 2.24) is 0 Å². The second-order valence-corrected chi connectivity index (χ2v) is 6.56. The third-order valence-corrected chi connectivity index (χ3v) is 4.21. The highest BCUT2D eigenvalue weighted by Crippen LogP contribution is 2.39. The molecule has 1 aromatic rings. The fourth-order valence-corrected chi connectivity index (χ4v) is 3.44. The molecule has 12 heteroatoms. The first kappa shape index (κ1) is 18.6. The number of ether oxygens (including phenoxy) is 2. The van der Waals surface area contributed by atoms with E-state index in [9.17, 15) is 21.4 Å². The summed E-state index contributed by atoms with van der Waals surface area (Å²) in [5.74, 6) is -1.01. The van der Waals surface area contributed by atoms with E-state index in [-0.39, 0.29) is 12.4 Å². The molecular formula is C10H14O10S2. The van der Waals surface area contributed by atoms with Crippen LogP contribution in [-0.2, 0) is 20.2 Å². The molecule has 4 N–H and O–H groups in total. The molecule has 22 heavy (non-hydrogen) atoms. The zero-order valence-electron chi connectivity index (χ0n) is 11.0. The van der Waals surface area contributed by atoms with E-state index in [4.69, 9.17) is 24.2 Å². The second-order valence-electron chi connectivity index (χ2n) is 3.81. The summed E-state index contributed by atoms with van der Waals surface area (Å²) in [7, 11) is -10.1. The minimum Gasteiger partial charge on any atom is -0.487 e. The van der Waals surface area contributed by atoms with Crippen LogP contribution in [0.25, 0.3) is 0 Å². The van der Waals surface area contributed by atoms with E-state index >= 15 is 0 Å². The molecule has 1 aromatic carbocycles. The molecule has 10 nitrogen and oxygen atoms in total. The molecule has 0 atom stereocenters. The van der Waals surface area contributed by atoms with Crippen LogP contribution < -0.4 is 9.47 Å². The van der Waals surface area contributed by atoms with Gasteiger partial charge in [-0.1, -0.05) is 0 Å². The van der Waals surface area contributed by atoms with Gasteiger partial charge in [0.15, 0.2) is 16.4 Å². The van der Waals surface area contributed by atoms with Crippen molar-refractivity contribution in [1.29, 1.82) is 0 Å². The summed E-state index contributed by atoms with van der Waals surface area (Å²) < 4.78 is 73.5. The highest BCUT2D eigenvalue weighted by Gasteiger charge is 2.31. The van der Waals surface area contributed by atoms with Crippen LogP contribution >= 0.6 is 0 Å². The Balaban J connectivity index is 3.66. The molecule has 126 valence electrons. The lowest BCUT2D eigenvalue weighted by Crippen LogP contribution is -2.14. The lowest BCUT2D eigenvalue weighted by molar-refractivity contribution is 0.174. The van der Waals surface area contributed by atoms with Gasteiger partial charge in [-0.05, 0) is 12.1 Å². The van der Waals surface area contributed by atoms with Crippen molar-refractivity contribution < 1.29 is 45.6 Å². The number of rotatable bonds is 8. The van der Waals surface area contributed by atoms with Gasteiger partial charge in [0, 0.05) is 0 Å². The summed E-state index contributed by atoms with van der Waals surface area (Å²) in [6.45, 7) is -1.68. The molecule has 0 spiro atoms. The third kappa shape index (κ3) is 4.53. The van der Waals surface area contributed by atoms with Crippen LogP contribution in [0.1, 0.15) is 0 Å². The maximum atomic E-state index is 11.4. The SMILES string of the molecule is O=S(=O)(O)c1ccc(OCCO)c(OCCO)c1S(=O)(=O)O. The minimum atomic E-state index is -5.11. The molecule has 0 unspecified atom stereocenters. The Morgan fingerprint density at radius 1 is 0.864 bits per heavy atom. The molecule has 0 saturated heterocycles. The highest BCUT2D eigenvalue weighted by atomic mass is 32.2. The maximum Gasteiger partial charge on any atom is 0.299 e. The Morgan fingerprint density at radius 2 is 1.41 bits per heavy atom. The van der Waals surface area contributed by atoms with Gasteiger partial charge in [0.1, 0.15) is 18.1 Å². The number of aliphatic hydroxyl groups excluding tert-OH is 2. The monoisotopic (exact) mass is 358 g/mol. The van der Waals surface area contributed by atoms with E-state index in [1.165, 1.54) is 0 Å². The van der Waals surface area contributed by atoms with E-state index in [0.29, 0.717) is 6.07 Å². The average molecular weight is 358 g/mol. The van der Waals surface area contributed by atoms with E-state index in [0.717, 1.165) is 6.07 Å². The van der Waals surface area contributed by atoms with Gasteiger partial charge in [0.05, 0.1) is 13.2 Å². The molecule has 0 heterocycles. The Kier molecular flexibility index (Phi) is 6.10. The van der Waals surface area contributed by atoms with Crippen LogP contribution in [0.4, 0.5) is 0 Å². The molecule has 0 bridgehead atoms. The Labute approximate surface area is 126 Å². The summed E-state index contributed by atoms with van der Waals surface area (Å²) in [5, 5.41) is 17.4. The smallest absolute Gasteiger partial charge is 0.299 e. The predicted molar refractivity (Wildman–Crippen MR) is 71.2 cm³/mol. The average Bonchev–Trinajstić information content (AvgIpc) is 2.40. The van der Waals surface area contributed by atoms with Gasteiger partial charge < -0.3 is 19.7 Å². The van der Waals surface area contributed by atoms with Crippen LogP contribution in [0.15, 0.2) is 21.9 Å². The lowest BCUT2D eigenvalue weighted by atomic mass is 10.3. The summed E-state index contributed by atoms with van der Waals surface area (Å²) in [5.41, 5.74) is 0. The molecule has 0 aromatic heterocycles. The van der Waals surface area contributed by atoms with Gasteiger partial charge in [0.25, 0.3) is 20.2 Å². The number of benzene rings is 1. The van der Waals surface area contributed by atoms with Crippen LogP contribution in [0.2, 0.25) is 0 Å². The largest absolute Gasteiger partial charge is 0.487 e. The molecule has 0 radical (unpaired) electrons. The molecule has 0 fully saturated rings. The van der Waals surface area contributed by atoms with Crippen molar-refractivity contribution in [2.75, 3.05) is 26.4 Å². The maximum absolute atomic E-state index is 11.4. The molecule has 0 amide bonds. The quantitative estimate of drug-likeness (QED) is 0.420. The Morgan fingerprint density at radius 3 is 1.86 bits per heavy atom. The van der Waals surface area contributed by atoms with Gasteiger partial charge in [-0.25, -0.2) is 0 Å². The molecule has 1 rings (SSSR count). The molecule has 0 aliphatic heterocycles. The summed E-state index contributed by atoms with van der Waals surface area (Å²) in [6, 6.07) is 1.66. The second kappa shape index (κ2) is 7.21. The molecule has 0 aliphatic rings. The fourth-order valence-electron chi connectivity index (χ4n) is 1.53. The van der Waals surface area contributed by atoms with E-state index in [1.54, 1.807) is 0 Å². The molecule has 0 saturated carbocycles. The van der Waals surface area contributed by atoms with E-state index in [2.05, 4.69) is 0 Å². The first-order chi connectivity index (χ1) is 10.1.